The molecule has 1 aliphatic rings. The average Bonchev–Trinajstić information content (AvgIpc) is 2.68. The van der Waals surface area contributed by atoms with E-state index in [1.165, 1.54) is 18.4 Å². The third-order valence-electron chi connectivity index (χ3n) is 3.79. The van der Waals surface area contributed by atoms with E-state index in [4.69, 9.17) is 4.98 Å². The second-order valence-electron chi connectivity index (χ2n) is 5.17. The SMILES string of the molecule is CNC1CCCCc2nc(-c3ccnc(C)n3)ncc21. The molecule has 0 amide bonds. The lowest BCUT2D eigenvalue weighted by molar-refractivity contribution is 0.532. The molecule has 1 N–H and O–H groups in total. The van der Waals surface area contributed by atoms with E-state index in [1.807, 2.05) is 26.2 Å². The predicted molar refractivity (Wildman–Crippen MR) is 77.2 cm³/mol. The van der Waals surface area contributed by atoms with Gasteiger partial charge in [0.2, 0.25) is 0 Å². The number of nitrogens with zero attached hydrogens (tertiary/aromatic N) is 4. The number of aryl methyl sites for hydroxylation is 2. The molecule has 0 bridgehead atoms. The van der Waals surface area contributed by atoms with Gasteiger partial charge in [-0.25, -0.2) is 19.9 Å². The summed E-state index contributed by atoms with van der Waals surface area (Å²) in [6.07, 6.45) is 8.30. The van der Waals surface area contributed by atoms with Crippen molar-refractivity contribution in [2.75, 3.05) is 7.05 Å². The molecule has 5 nitrogen and oxygen atoms in total. The van der Waals surface area contributed by atoms with Gasteiger partial charge in [-0.1, -0.05) is 6.42 Å². The molecule has 20 heavy (non-hydrogen) atoms. The van der Waals surface area contributed by atoms with E-state index in [-0.39, 0.29) is 0 Å². The molecular weight excluding hydrogens is 250 g/mol. The van der Waals surface area contributed by atoms with Crippen molar-refractivity contribution in [1.82, 2.24) is 25.3 Å². The molecule has 1 aliphatic carbocycles. The zero-order valence-electron chi connectivity index (χ0n) is 11.9. The maximum Gasteiger partial charge on any atom is 0.178 e. The second-order valence-corrected chi connectivity index (χ2v) is 5.17. The fraction of sp³-hybridized carbons (Fsp3) is 0.467. The van der Waals surface area contributed by atoms with E-state index in [0.717, 1.165) is 30.1 Å². The first-order valence-electron chi connectivity index (χ1n) is 7.11. The largest absolute Gasteiger partial charge is 0.313 e. The molecule has 0 aromatic carbocycles. The quantitative estimate of drug-likeness (QED) is 0.847. The molecular formula is C15H19N5. The van der Waals surface area contributed by atoms with Crippen LogP contribution in [0.2, 0.25) is 0 Å². The second kappa shape index (κ2) is 5.63. The molecule has 2 aromatic rings. The highest BCUT2D eigenvalue weighted by Gasteiger charge is 2.19. The van der Waals surface area contributed by atoms with Crippen LogP contribution in [0.5, 0.6) is 0 Å². The summed E-state index contributed by atoms with van der Waals surface area (Å²) in [5.74, 6) is 1.44. The molecule has 3 rings (SSSR count). The van der Waals surface area contributed by atoms with Crippen LogP contribution in [-0.4, -0.2) is 27.0 Å². The highest BCUT2D eigenvalue weighted by molar-refractivity contribution is 5.49. The Morgan fingerprint density at radius 1 is 1.20 bits per heavy atom. The van der Waals surface area contributed by atoms with Crippen LogP contribution in [-0.2, 0) is 6.42 Å². The van der Waals surface area contributed by atoms with Crippen molar-refractivity contribution in [2.45, 2.75) is 38.6 Å². The van der Waals surface area contributed by atoms with Gasteiger partial charge in [-0.3, -0.25) is 0 Å². The summed E-state index contributed by atoms with van der Waals surface area (Å²) in [7, 11) is 2.00. The number of nitrogens with one attached hydrogen (secondary N) is 1. The number of fused-ring (bicyclic) bond motifs is 1. The van der Waals surface area contributed by atoms with Crippen molar-refractivity contribution in [3.8, 4) is 11.5 Å². The van der Waals surface area contributed by atoms with Crippen LogP contribution in [0.15, 0.2) is 18.5 Å². The number of hydrogen-bond acceptors (Lipinski definition) is 5. The summed E-state index contributed by atoms with van der Waals surface area (Å²) in [6.45, 7) is 1.88. The van der Waals surface area contributed by atoms with E-state index in [9.17, 15) is 0 Å². The zero-order chi connectivity index (χ0) is 13.9. The topological polar surface area (TPSA) is 63.6 Å². The van der Waals surface area contributed by atoms with E-state index >= 15 is 0 Å². The number of rotatable bonds is 2. The third kappa shape index (κ3) is 2.54. The summed E-state index contributed by atoms with van der Waals surface area (Å²) in [4.78, 5) is 17.8. The van der Waals surface area contributed by atoms with E-state index in [1.54, 1.807) is 6.20 Å². The molecule has 0 aliphatic heterocycles. The monoisotopic (exact) mass is 269 g/mol. The first kappa shape index (κ1) is 13.1. The molecule has 2 heterocycles. The highest BCUT2D eigenvalue weighted by Crippen LogP contribution is 2.27. The lowest BCUT2D eigenvalue weighted by Crippen LogP contribution is -2.17. The summed E-state index contributed by atoms with van der Waals surface area (Å²) < 4.78 is 0. The standard InChI is InChI=1S/C15H19N5/c1-10-17-8-7-14(19-10)15-18-9-11-12(16-2)5-3-4-6-13(11)20-15/h7-9,12,16H,3-6H2,1-2H3. The molecule has 0 fully saturated rings. The molecule has 104 valence electrons. The van der Waals surface area contributed by atoms with Gasteiger partial charge in [0.15, 0.2) is 5.82 Å². The normalized spacial score (nSPS) is 18.4. The van der Waals surface area contributed by atoms with E-state index in [0.29, 0.717) is 11.9 Å². The van der Waals surface area contributed by atoms with E-state index < -0.39 is 0 Å². The molecule has 0 spiro atoms. The minimum absolute atomic E-state index is 0.369. The van der Waals surface area contributed by atoms with Crippen molar-refractivity contribution < 1.29 is 0 Å². The predicted octanol–water partition coefficient (Wildman–Crippen LogP) is 2.23. The molecule has 2 aromatic heterocycles. The van der Waals surface area contributed by atoms with Gasteiger partial charge in [-0.05, 0) is 39.3 Å². The van der Waals surface area contributed by atoms with Crippen LogP contribution in [0.4, 0.5) is 0 Å². The van der Waals surface area contributed by atoms with Crippen molar-refractivity contribution in [2.24, 2.45) is 0 Å². The van der Waals surface area contributed by atoms with Gasteiger partial charge in [0.05, 0.1) is 0 Å². The first-order valence-corrected chi connectivity index (χ1v) is 7.11. The lowest BCUT2D eigenvalue weighted by atomic mass is 10.1. The molecule has 0 saturated carbocycles. The minimum Gasteiger partial charge on any atom is -0.313 e. The minimum atomic E-state index is 0.369. The number of hydrogen-bond donors (Lipinski definition) is 1. The van der Waals surface area contributed by atoms with Gasteiger partial charge in [0, 0.05) is 29.7 Å². The molecule has 1 atom stereocenters. The summed E-state index contributed by atoms with van der Waals surface area (Å²) in [5, 5.41) is 3.36. The average molecular weight is 269 g/mol. The third-order valence-corrected chi connectivity index (χ3v) is 3.79. The molecule has 0 radical (unpaired) electrons. The fourth-order valence-electron chi connectivity index (χ4n) is 2.72. The van der Waals surface area contributed by atoms with E-state index in [2.05, 4.69) is 20.3 Å². The Morgan fingerprint density at radius 2 is 2.10 bits per heavy atom. The maximum absolute atomic E-state index is 4.74. The Hall–Kier alpha value is -1.88. The summed E-state index contributed by atoms with van der Waals surface area (Å²) in [5.41, 5.74) is 3.19. The van der Waals surface area contributed by atoms with Gasteiger partial charge in [-0.15, -0.1) is 0 Å². The van der Waals surface area contributed by atoms with Crippen LogP contribution in [0.25, 0.3) is 11.5 Å². The Balaban J connectivity index is 2.02. The van der Waals surface area contributed by atoms with Crippen LogP contribution in [0.3, 0.4) is 0 Å². The van der Waals surface area contributed by atoms with Gasteiger partial charge < -0.3 is 5.32 Å². The Labute approximate surface area is 118 Å². The van der Waals surface area contributed by atoms with Gasteiger partial charge in [0.25, 0.3) is 0 Å². The zero-order valence-corrected chi connectivity index (χ0v) is 11.9. The molecule has 5 heteroatoms. The van der Waals surface area contributed by atoms with Gasteiger partial charge >= 0.3 is 0 Å². The highest BCUT2D eigenvalue weighted by atomic mass is 15.0. The van der Waals surface area contributed by atoms with Crippen molar-refractivity contribution in [3.05, 3.63) is 35.5 Å². The first-order chi connectivity index (χ1) is 9.78. The molecule has 1 unspecified atom stereocenters. The van der Waals surface area contributed by atoms with Crippen molar-refractivity contribution >= 4 is 0 Å². The van der Waals surface area contributed by atoms with Crippen LogP contribution < -0.4 is 5.32 Å². The summed E-state index contributed by atoms with van der Waals surface area (Å²) in [6, 6.07) is 2.23. The Kier molecular flexibility index (Phi) is 3.69. The van der Waals surface area contributed by atoms with Crippen LogP contribution in [0, 0.1) is 6.92 Å². The Bertz CT molecular complexity index is 611. The van der Waals surface area contributed by atoms with Crippen LogP contribution >= 0.6 is 0 Å². The fourth-order valence-corrected chi connectivity index (χ4v) is 2.72. The van der Waals surface area contributed by atoms with Crippen LogP contribution in [0.1, 0.15) is 42.4 Å². The Morgan fingerprint density at radius 3 is 2.90 bits per heavy atom. The van der Waals surface area contributed by atoms with Crippen molar-refractivity contribution in [1.29, 1.82) is 0 Å². The van der Waals surface area contributed by atoms with Gasteiger partial charge in [0.1, 0.15) is 11.5 Å². The molecule has 0 saturated heterocycles. The lowest BCUT2D eigenvalue weighted by Gasteiger charge is -2.16. The smallest absolute Gasteiger partial charge is 0.178 e. The number of aromatic nitrogens is 4. The maximum atomic E-state index is 4.74. The van der Waals surface area contributed by atoms with Gasteiger partial charge in [-0.2, -0.15) is 0 Å². The summed E-state index contributed by atoms with van der Waals surface area (Å²) >= 11 is 0. The van der Waals surface area contributed by atoms with Crippen molar-refractivity contribution in [3.63, 3.8) is 0 Å².